The van der Waals surface area contributed by atoms with Crippen molar-refractivity contribution in [3.8, 4) is 5.75 Å². The summed E-state index contributed by atoms with van der Waals surface area (Å²) in [7, 11) is 0. The summed E-state index contributed by atoms with van der Waals surface area (Å²) in [6.07, 6.45) is 1.88. The number of anilines is 1. The Morgan fingerprint density at radius 3 is 2.71 bits per heavy atom. The van der Waals surface area contributed by atoms with Crippen LogP contribution in [0.4, 0.5) is 10.1 Å². The highest BCUT2D eigenvalue weighted by Crippen LogP contribution is 2.41. The predicted octanol–water partition coefficient (Wildman–Crippen LogP) is 5.37. The van der Waals surface area contributed by atoms with Crippen molar-refractivity contribution in [3.05, 3.63) is 81.2 Å². The first kappa shape index (κ1) is 24.0. The maximum absolute atomic E-state index is 13.9. The van der Waals surface area contributed by atoms with Crippen molar-refractivity contribution < 1.29 is 23.5 Å². The third-order valence-electron chi connectivity index (χ3n) is 5.09. The van der Waals surface area contributed by atoms with E-state index in [4.69, 9.17) is 9.47 Å². The Morgan fingerprint density at radius 1 is 1.24 bits per heavy atom. The van der Waals surface area contributed by atoms with Gasteiger partial charge in [0.15, 0.2) is 11.8 Å². The number of carbonyl (C=O) groups is 2. The highest BCUT2D eigenvalue weighted by Gasteiger charge is 2.37. The van der Waals surface area contributed by atoms with Crippen molar-refractivity contribution in [1.29, 1.82) is 0 Å². The van der Waals surface area contributed by atoms with E-state index in [0.29, 0.717) is 21.5 Å². The van der Waals surface area contributed by atoms with Crippen molar-refractivity contribution in [2.24, 2.45) is 4.99 Å². The molecule has 0 aliphatic carbocycles. The molecule has 0 unspecified atom stereocenters. The molecule has 2 aromatic rings. The van der Waals surface area contributed by atoms with Crippen LogP contribution in [0.2, 0.25) is 0 Å². The SMILES string of the molecule is CCOC(=O)C1=C(C)N=C2SC=CN2[C@H]1c1ccc(OCC(=O)Nc2ccc(Br)cc2F)cc1. The monoisotopic (exact) mass is 545 g/mol. The average Bonchev–Trinajstić information content (AvgIpc) is 3.27. The van der Waals surface area contributed by atoms with Gasteiger partial charge >= 0.3 is 5.97 Å². The van der Waals surface area contributed by atoms with Crippen molar-refractivity contribution in [2.45, 2.75) is 19.9 Å². The number of allylic oxidation sites excluding steroid dienone is 1. The van der Waals surface area contributed by atoms with Crippen molar-refractivity contribution in [2.75, 3.05) is 18.5 Å². The van der Waals surface area contributed by atoms with Crippen LogP contribution in [0.3, 0.4) is 0 Å². The Kier molecular flexibility index (Phi) is 7.38. The maximum Gasteiger partial charge on any atom is 0.338 e. The molecule has 34 heavy (non-hydrogen) atoms. The van der Waals surface area contributed by atoms with Gasteiger partial charge in [-0.05, 0) is 55.2 Å². The summed E-state index contributed by atoms with van der Waals surface area (Å²) in [5.41, 5.74) is 2.01. The largest absolute Gasteiger partial charge is 0.484 e. The lowest BCUT2D eigenvalue weighted by Gasteiger charge is -2.33. The van der Waals surface area contributed by atoms with Crippen LogP contribution in [-0.2, 0) is 14.3 Å². The summed E-state index contributed by atoms with van der Waals surface area (Å²) >= 11 is 4.66. The Balaban J connectivity index is 1.46. The normalized spacial score (nSPS) is 16.8. The van der Waals surface area contributed by atoms with Gasteiger partial charge in [-0.2, -0.15) is 0 Å². The van der Waals surface area contributed by atoms with Crippen LogP contribution in [0.15, 0.2) is 74.8 Å². The molecule has 0 radical (unpaired) electrons. The first-order valence-electron chi connectivity index (χ1n) is 10.4. The molecule has 2 aliphatic rings. The minimum absolute atomic E-state index is 0.0760. The molecule has 0 saturated carbocycles. The third-order valence-corrected chi connectivity index (χ3v) is 6.35. The fourth-order valence-electron chi connectivity index (χ4n) is 3.57. The molecule has 0 spiro atoms. The molecule has 0 aromatic heterocycles. The summed E-state index contributed by atoms with van der Waals surface area (Å²) in [6, 6.07) is 11.1. The molecule has 0 fully saturated rings. The van der Waals surface area contributed by atoms with E-state index in [1.807, 2.05) is 28.6 Å². The molecule has 1 N–H and O–H groups in total. The van der Waals surface area contributed by atoms with E-state index in [0.717, 1.165) is 10.7 Å². The molecule has 2 heterocycles. The van der Waals surface area contributed by atoms with Crippen LogP contribution in [-0.4, -0.2) is 35.2 Å². The quantitative estimate of drug-likeness (QED) is 0.471. The second-order valence-electron chi connectivity index (χ2n) is 7.36. The first-order chi connectivity index (χ1) is 16.4. The van der Waals surface area contributed by atoms with Crippen LogP contribution in [0, 0.1) is 5.82 Å². The Morgan fingerprint density at radius 2 is 2.00 bits per heavy atom. The summed E-state index contributed by atoms with van der Waals surface area (Å²) < 4.78 is 25.3. The molecule has 0 bridgehead atoms. The molecular weight excluding hydrogens is 525 g/mol. The number of carbonyl (C=O) groups excluding carboxylic acids is 2. The van der Waals surface area contributed by atoms with Crippen LogP contribution < -0.4 is 10.1 Å². The van der Waals surface area contributed by atoms with Crippen molar-refractivity contribution >= 4 is 50.4 Å². The van der Waals surface area contributed by atoms with Crippen LogP contribution in [0.5, 0.6) is 5.75 Å². The number of thioether (sulfide) groups is 1. The van der Waals surface area contributed by atoms with Gasteiger partial charge in [0.1, 0.15) is 11.6 Å². The molecule has 7 nitrogen and oxygen atoms in total. The fourth-order valence-corrected chi connectivity index (χ4v) is 4.69. The van der Waals surface area contributed by atoms with Crippen molar-refractivity contribution in [1.82, 2.24) is 4.90 Å². The third kappa shape index (κ3) is 5.18. The van der Waals surface area contributed by atoms with Crippen LogP contribution in [0.25, 0.3) is 0 Å². The number of rotatable bonds is 7. The minimum Gasteiger partial charge on any atom is -0.484 e. The second kappa shape index (κ2) is 10.4. The predicted molar refractivity (Wildman–Crippen MR) is 133 cm³/mol. The zero-order valence-corrected chi connectivity index (χ0v) is 20.8. The number of aliphatic imine (C=N–C) groups is 1. The van der Waals surface area contributed by atoms with Crippen LogP contribution in [0.1, 0.15) is 25.5 Å². The maximum atomic E-state index is 13.9. The lowest BCUT2D eigenvalue weighted by Crippen LogP contribution is -2.34. The molecule has 1 amide bonds. The lowest BCUT2D eigenvalue weighted by molar-refractivity contribution is -0.139. The zero-order chi connectivity index (χ0) is 24.2. The Bertz CT molecular complexity index is 1210. The van der Waals surface area contributed by atoms with E-state index in [1.165, 1.54) is 23.9 Å². The van der Waals surface area contributed by atoms with E-state index in [9.17, 15) is 14.0 Å². The molecule has 10 heteroatoms. The topological polar surface area (TPSA) is 80.2 Å². The van der Waals surface area contributed by atoms with Crippen LogP contribution >= 0.6 is 27.7 Å². The van der Waals surface area contributed by atoms with Gasteiger partial charge in [0.05, 0.1) is 29.6 Å². The first-order valence-corrected chi connectivity index (χ1v) is 12.1. The standard InChI is InChI=1S/C24H21BrFN3O4S/c1-3-32-23(31)21-14(2)27-24-29(10-11-34-24)22(21)15-4-7-17(8-5-15)33-13-20(30)28-19-9-6-16(25)12-18(19)26/h4-12,22H,3,13H2,1-2H3,(H,28,30)/t22-/m0/s1. The molecule has 4 rings (SSSR count). The second-order valence-corrected chi connectivity index (χ2v) is 9.15. The van der Waals surface area contributed by atoms with Gasteiger partial charge in [0.2, 0.25) is 0 Å². The van der Waals surface area contributed by atoms with Gasteiger partial charge in [-0.1, -0.05) is 39.8 Å². The smallest absolute Gasteiger partial charge is 0.338 e. The molecule has 2 aromatic carbocycles. The van der Waals surface area contributed by atoms with Gasteiger partial charge in [0.25, 0.3) is 5.91 Å². The number of halogens is 2. The average molecular weight is 546 g/mol. The summed E-state index contributed by atoms with van der Waals surface area (Å²) in [4.78, 5) is 31.4. The number of fused-ring (bicyclic) bond motifs is 1. The number of hydrogen-bond donors (Lipinski definition) is 1. The molecule has 0 saturated heterocycles. The number of benzene rings is 2. The van der Waals surface area contributed by atoms with E-state index < -0.39 is 23.7 Å². The fraction of sp³-hybridized carbons (Fsp3) is 0.208. The number of nitrogens with zero attached hydrogens (tertiary/aromatic N) is 2. The number of esters is 1. The number of hydrogen-bond acceptors (Lipinski definition) is 7. The van der Waals surface area contributed by atoms with E-state index in [-0.39, 0.29) is 18.9 Å². The summed E-state index contributed by atoms with van der Waals surface area (Å²) in [5.74, 6) is -0.974. The summed E-state index contributed by atoms with van der Waals surface area (Å²) in [6.45, 7) is 3.54. The highest BCUT2D eigenvalue weighted by molar-refractivity contribution is 9.10. The lowest BCUT2D eigenvalue weighted by atomic mass is 9.95. The van der Waals surface area contributed by atoms with Crippen molar-refractivity contribution in [3.63, 3.8) is 0 Å². The van der Waals surface area contributed by atoms with Gasteiger partial charge in [-0.25, -0.2) is 14.2 Å². The zero-order valence-electron chi connectivity index (χ0n) is 18.4. The molecular formula is C24H21BrFN3O4S. The number of ether oxygens (including phenoxy) is 2. The number of amidine groups is 1. The summed E-state index contributed by atoms with van der Waals surface area (Å²) in [5, 5.41) is 5.18. The number of amides is 1. The van der Waals surface area contributed by atoms with E-state index >= 15 is 0 Å². The Hall–Kier alpha value is -3.11. The minimum atomic E-state index is -0.544. The van der Waals surface area contributed by atoms with E-state index in [1.54, 1.807) is 32.0 Å². The van der Waals surface area contributed by atoms with E-state index in [2.05, 4.69) is 26.2 Å². The highest BCUT2D eigenvalue weighted by atomic mass is 79.9. The molecule has 2 aliphatic heterocycles. The number of nitrogens with one attached hydrogen (secondary N) is 1. The Labute approximate surface area is 208 Å². The molecule has 1 atom stereocenters. The van der Waals surface area contributed by atoms with Gasteiger partial charge in [-0.3, -0.25) is 4.79 Å². The van der Waals surface area contributed by atoms with Gasteiger partial charge in [-0.15, -0.1) is 0 Å². The molecule has 176 valence electrons. The van der Waals surface area contributed by atoms with Gasteiger partial charge in [0, 0.05) is 10.7 Å². The van der Waals surface area contributed by atoms with Gasteiger partial charge < -0.3 is 19.7 Å².